The van der Waals surface area contributed by atoms with Crippen LogP contribution in [-0.2, 0) is 43.2 Å². The Morgan fingerprint density at radius 3 is 1.47 bits per heavy atom. The molecule has 0 aromatic carbocycles. The summed E-state index contributed by atoms with van der Waals surface area (Å²) >= 11 is 12.3. The zero-order valence-corrected chi connectivity index (χ0v) is 38.9. The predicted octanol–water partition coefficient (Wildman–Crippen LogP) is -3.48. The first-order valence-electron chi connectivity index (χ1n) is 20.3. The van der Waals surface area contributed by atoms with Gasteiger partial charge in [-0.1, -0.05) is 54.4 Å². The molecule has 25 heteroatoms. The van der Waals surface area contributed by atoms with Crippen molar-refractivity contribution < 1.29 is 48.3 Å². The van der Waals surface area contributed by atoms with Crippen molar-refractivity contribution in [1.82, 2.24) is 42.5 Å². The number of carbonyl (C=O) groups is 9. The van der Waals surface area contributed by atoms with Gasteiger partial charge in [0.1, 0.15) is 36.3 Å². The van der Waals surface area contributed by atoms with E-state index in [9.17, 15) is 48.3 Å². The molecule has 62 heavy (non-hydrogen) atoms. The van der Waals surface area contributed by atoms with Gasteiger partial charge in [-0.2, -0.15) is 37.9 Å². The van der Waals surface area contributed by atoms with Gasteiger partial charge in [-0.25, -0.2) is 4.79 Å². The number of carboxylic acids is 1. The molecular weight excluding hydrogens is 869 g/mol. The number of thiol groups is 3. The highest BCUT2D eigenvalue weighted by atomic mass is 32.1. The van der Waals surface area contributed by atoms with E-state index in [2.05, 4.69) is 85.4 Å². The third-order valence-corrected chi connectivity index (χ3v) is 10.6. The van der Waals surface area contributed by atoms with Crippen LogP contribution in [0.25, 0.3) is 0 Å². The molecule has 0 spiro atoms. The Balaban J connectivity index is 5.53. The molecule has 0 fully saturated rings. The van der Waals surface area contributed by atoms with Gasteiger partial charge in [-0.15, -0.1) is 0 Å². The van der Waals surface area contributed by atoms with Gasteiger partial charge in [0.2, 0.25) is 47.3 Å². The van der Waals surface area contributed by atoms with Crippen LogP contribution in [0.15, 0.2) is 4.99 Å². The normalized spacial score (nSPS) is 15.3. The molecule has 0 aromatic rings. The van der Waals surface area contributed by atoms with Crippen LogP contribution in [0, 0.1) is 17.8 Å². The van der Waals surface area contributed by atoms with E-state index in [1.54, 1.807) is 41.5 Å². The highest BCUT2D eigenvalue weighted by Crippen LogP contribution is 2.11. The Kier molecular flexibility index (Phi) is 28.3. The van der Waals surface area contributed by atoms with Crippen molar-refractivity contribution in [2.45, 2.75) is 116 Å². The number of nitrogens with zero attached hydrogens (tertiary/aromatic N) is 1. The monoisotopic (exact) mass is 936 g/mol. The number of carbonyl (C=O) groups excluding carboxylic acids is 8. The van der Waals surface area contributed by atoms with E-state index >= 15 is 0 Å². The quantitative estimate of drug-likeness (QED) is 0.0144. The maximum absolute atomic E-state index is 13.5. The molecule has 15 N–H and O–H groups in total. The summed E-state index contributed by atoms with van der Waals surface area (Å²) in [6, 6.07) is -8.08. The Labute approximate surface area is 379 Å². The number of carboxylic acid groups (broad SMARTS) is 1. The lowest BCUT2D eigenvalue weighted by atomic mass is 9.97. The molecule has 9 atom stereocenters. The first-order valence-corrected chi connectivity index (χ1v) is 22.2. The highest BCUT2D eigenvalue weighted by Gasteiger charge is 2.33. The molecule has 0 aromatic heterocycles. The van der Waals surface area contributed by atoms with Gasteiger partial charge in [-0.05, 0) is 37.0 Å². The zero-order chi connectivity index (χ0) is 47.7. The largest absolute Gasteiger partial charge is 0.480 e. The Bertz CT molecular complexity index is 1560. The van der Waals surface area contributed by atoms with Crippen molar-refractivity contribution in [3.8, 4) is 0 Å². The van der Waals surface area contributed by atoms with Gasteiger partial charge >= 0.3 is 5.97 Å². The number of nitrogens with two attached hydrogens (primary N) is 3. The number of hydrogen-bond acceptors (Lipinski definition) is 14. The molecule has 8 amide bonds. The lowest BCUT2D eigenvalue weighted by molar-refractivity contribution is -0.141. The van der Waals surface area contributed by atoms with Crippen molar-refractivity contribution >= 4 is 97.1 Å². The van der Waals surface area contributed by atoms with Gasteiger partial charge in [0.25, 0.3) is 0 Å². The predicted molar refractivity (Wildman–Crippen MR) is 243 cm³/mol. The standard InChI is InChI=1S/C37H68N12O10S3/c1-7-19(5)28(34(56)47-25(17-62)36(58)59)48-27(51)14-42-31(53)22(12-18(3)4)44-26(50)13-43-32(54)23(15-60)46-35(57)29(20(6)8-2)49-33(55)24(16-61)45-30(52)21(38)10-9-11-41-37(39)40/h18-25,28-29,60-62H,7-17,38H2,1-6H3,(H,42,53)(H,43,54)(H,44,50)(H,45,52)(H,46,57)(H,47,56)(H,48,51)(H,49,55)(H,58,59)(H4,39,40,41)/t19-,20-,21-,22-,23-,24-,25-,28-,29-/m0/s1. The number of guanidine groups is 1. The number of nitrogens with one attached hydrogen (secondary N) is 8. The summed E-state index contributed by atoms with van der Waals surface area (Å²) in [7, 11) is 0. The van der Waals surface area contributed by atoms with E-state index in [4.69, 9.17) is 17.2 Å². The second-order valence-corrected chi connectivity index (χ2v) is 16.2. The van der Waals surface area contributed by atoms with E-state index in [1.165, 1.54) is 0 Å². The van der Waals surface area contributed by atoms with Crippen LogP contribution < -0.4 is 59.7 Å². The van der Waals surface area contributed by atoms with Gasteiger partial charge < -0.3 is 64.8 Å². The summed E-state index contributed by atoms with van der Waals surface area (Å²) in [5.41, 5.74) is 16.6. The SMILES string of the molecule is CC[C@H](C)[C@H](NC(=O)CNC(=O)[C@H](CC(C)C)NC(=O)CNC(=O)[C@H](CS)NC(=O)[C@@H](NC(=O)[C@H](CS)NC(=O)[C@@H](N)CCCN=C(N)N)[C@@H](C)CC)C(=O)N[C@@H](CS)C(=O)O. The lowest BCUT2D eigenvalue weighted by Gasteiger charge is -2.28. The first-order chi connectivity index (χ1) is 29.1. The zero-order valence-electron chi connectivity index (χ0n) is 36.2. The number of aliphatic carboxylic acids is 1. The van der Waals surface area contributed by atoms with Crippen molar-refractivity contribution in [2.75, 3.05) is 36.9 Å². The van der Waals surface area contributed by atoms with E-state index < -0.39 is 120 Å². The van der Waals surface area contributed by atoms with E-state index in [0.29, 0.717) is 19.3 Å². The molecule has 0 radical (unpaired) electrons. The molecule has 0 aliphatic carbocycles. The van der Waals surface area contributed by atoms with Crippen LogP contribution in [0.2, 0.25) is 0 Å². The molecule has 0 aliphatic rings. The average molecular weight is 937 g/mol. The average Bonchev–Trinajstić information content (AvgIpc) is 3.22. The van der Waals surface area contributed by atoms with Gasteiger partial charge in [-0.3, -0.25) is 43.3 Å². The van der Waals surface area contributed by atoms with E-state index in [-0.39, 0.29) is 48.5 Å². The maximum atomic E-state index is 13.5. The molecular formula is C37H68N12O10S3. The van der Waals surface area contributed by atoms with Crippen molar-refractivity contribution in [3.63, 3.8) is 0 Å². The maximum Gasteiger partial charge on any atom is 0.327 e. The van der Waals surface area contributed by atoms with Crippen LogP contribution in [0.5, 0.6) is 0 Å². The van der Waals surface area contributed by atoms with Crippen molar-refractivity contribution in [1.29, 1.82) is 0 Å². The van der Waals surface area contributed by atoms with E-state index in [1.807, 2.05) is 0 Å². The van der Waals surface area contributed by atoms with Crippen LogP contribution in [0.3, 0.4) is 0 Å². The number of hydrogen-bond donors (Lipinski definition) is 15. The summed E-state index contributed by atoms with van der Waals surface area (Å²) in [4.78, 5) is 120. The fourth-order valence-electron chi connectivity index (χ4n) is 5.44. The summed E-state index contributed by atoms with van der Waals surface area (Å²) in [5.74, 6) is -8.67. The smallest absolute Gasteiger partial charge is 0.327 e. The summed E-state index contributed by atoms with van der Waals surface area (Å²) in [5, 5.41) is 29.2. The fourth-order valence-corrected chi connectivity index (χ4v) is 6.20. The van der Waals surface area contributed by atoms with Gasteiger partial charge in [0.05, 0.1) is 19.1 Å². The van der Waals surface area contributed by atoms with Crippen LogP contribution in [-0.4, -0.2) is 143 Å². The minimum atomic E-state index is -1.30. The fraction of sp³-hybridized carbons (Fsp3) is 0.730. The summed E-state index contributed by atoms with van der Waals surface area (Å²) in [6.45, 7) is 9.63. The van der Waals surface area contributed by atoms with Crippen LogP contribution in [0.4, 0.5) is 0 Å². The Hall–Kier alpha value is -4.49. The number of rotatable bonds is 30. The van der Waals surface area contributed by atoms with Crippen LogP contribution in [0.1, 0.15) is 73.6 Å². The molecule has 0 heterocycles. The first kappa shape index (κ1) is 57.5. The van der Waals surface area contributed by atoms with Crippen molar-refractivity contribution in [2.24, 2.45) is 39.9 Å². The van der Waals surface area contributed by atoms with Crippen LogP contribution >= 0.6 is 37.9 Å². The summed E-state index contributed by atoms with van der Waals surface area (Å²) in [6.07, 6.45) is 1.68. The third kappa shape index (κ3) is 22.0. The molecule has 0 rings (SSSR count). The molecule has 354 valence electrons. The highest BCUT2D eigenvalue weighted by molar-refractivity contribution is 7.80. The molecule has 0 bridgehead atoms. The second-order valence-electron chi connectivity index (χ2n) is 15.1. The molecule has 0 aliphatic heterocycles. The lowest BCUT2D eigenvalue weighted by Crippen LogP contribution is -2.60. The van der Waals surface area contributed by atoms with Gasteiger partial charge in [0, 0.05) is 23.8 Å². The second kappa shape index (κ2) is 30.5. The summed E-state index contributed by atoms with van der Waals surface area (Å²) < 4.78 is 0. The number of aliphatic imine (C=N–C) groups is 1. The van der Waals surface area contributed by atoms with Crippen molar-refractivity contribution in [3.05, 3.63) is 0 Å². The topological polar surface area (TPSA) is 361 Å². The molecule has 0 saturated carbocycles. The third-order valence-electron chi connectivity index (χ3n) is 9.54. The molecule has 0 unspecified atom stereocenters. The number of amides is 8. The minimum Gasteiger partial charge on any atom is -0.480 e. The Morgan fingerprint density at radius 2 is 1.02 bits per heavy atom. The Morgan fingerprint density at radius 1 is 0.581 bits per heavy atom. The van der Waals surface area contributed by atoms with E-state index in [0.717, 1.165) is 0 Å². The molecule has 0 saturated heterocycles. The minimum absolute atomic E-state index is 0.0968. The van der Waals surface area contributed by atoms with Gasteiger partial charge in [0.15, 0.2) is 5.96 Å². The molecule has 22 nitrogen and oxygen atoms in total.